The predicted octanol–water partition coefficient (Wildman–Crippen LogP) is 3.39. The number of ether oxygens (including phenoxy) is 1. The van der Waals surface area contributed by atoms with E-state index in [2.05, 4.69) is 10.2 Å². The van der Waals surface area contributed by atoms with Crippen molar-refractivity contribution in [3.8, 4) is 5.75 Å². The van der Waals surface area contributed by atoms with Crippen molar-refractivity contribution < 1.29 is 9.53 Å². The molecule has 0 radical (unpaired) electrons. The molecule has 132 valence electrons. The second-order valence-corrected chi connectivity index (χ2v) is 6.40. The Hall–Kier alpha value is -2.33. The molecule has 1 aliphatic heterocycles. The van der Waals surface area contributed by atoms with Crippen LogP contribution >= 0.6 is 0 Å². The zero-order valence-electron chi connectivity index (χ0n) is 14.8. The van der Waals surface area contributed by atoms with E-state index in [9.17, 15) is 4.79 Å². The Bertz CT molecular complexity index is 681. The highest BCUT2D eigenvalue weighted by atomic mass is 16.5. The van der Waals surface area contributed by atoms with Crippen molar-refractivity contribution in [2.75, 3.05) is 26.2 Å². The lowest BCUT2D eigenvalue weighted by Crippen LogP contribution is -2.38. The fourth-order valence-electron chi connectivity index (χ4n) is 3.31. The highest BCUT2D eigenvalue weighted by molar-refractivity contribution is 5.79. The van der Waals surface area contributed by atoms with Crippen LogP contribution < -0.4 is 10.1 Å². The van der Waals surface area contributed by atoms with Gasteiger partial charge in [-0.1, -0.05) is 42.5 Å². The van der Waals surface area contributed by atoms with E-state index in [1.54, 1.807) is 0 Å². The summed E-state index contributed by atoms with van der Waals surface area (Å²) in [5.41, 5.74) is 2.11. The van der Waals surface area contributed by atoms with Crippen molar-refractivity contribution in [1.29, 1.82) is 0 Å². The lowest BCUT2D eigenvalue weighted by molar-refractivity contribution is -0.122. The van der Waals surface area contributed by atoms with E-state index >= 15 is 0 Å². The highest BCUT2D eigenvalue weighted by Crippen LogP contribution is 2.25. The van der Waals surface area contributed by atoms with E-state index in [4.69, 9.17) is 4.74 Å². The Morgan fingerprint density at radius 3 is 2.52 bits per heavy atom. The monoisotopic (exact) mass is 338 g/mol. The van der Waals surface area contributed by atoms with Gasteiger partial charge in [-0.25, -0.2) is 0 Å². The number of hydrogen-bond acceptors (Lipinski definition) is 3. The molecule has 4 heteroatoms. The largest absolute Gasteiger partial charge is 0.494 e. The average molecular weight is 338 g/mol. The number of carbonyl (C=O) groups excluding carboxylic acids is 1. The normalized spacial score (nSPS) is 15.7. The molecule has 3 rings (SSSR count). The van der Waals surface area contributed by atoms with Gasteiger partial charge in [-0.05, 0) is 56.1 Å². The van der Waals surface area contributed by atoms with Gasteiger partial charge in [0.2, 0.25) is 5.91 Å². The smallest absolute Gasteiger partial charge is 0.234 e. The summed E-state index contributed by atoms with van der Waals surface area (Å²) in [6.07, 6.45) is 2.37. The molecule has 1 amide bonds. The second-order valence-electron chi connectivity index (χ2n) is 6.40. The molecule has 1 heterocycles. The number of hydrogen-bond donors (Lipinski definition) is 1. The van der Waals surface area contributed by atoms with Gasteiger partial charge in [0.25, 0.3) is 0 Å². The molecule has 4 nitrogen and oxygen atoms in total. The van der Waals surface area contributed by atoms with Gasteiger partial charge >= 0.3 is 0 Å². The number of likely N-dealkylation sites (tertiary alicyclic amines) is 1. The molecule has 1 saturated heterocycles. The molecule has 0 bridgehead atoms. The van der Waals surface area contributed by atoms with E-state index in [1.807, 2.05) is 61.5 Å². The van der Waals surface area contributed by atoms with E-state index < -0.39 is 0 Å². The molecule has 0 aliphatic carbocycles. The van der Waals surface area contributed by atoms with Gasteiger partial charge in [-0.3, -0.25) is 9.69 Å². The van der Waals surface area contributed by atoms with Crippen LogP contribution in [0.5, 0.6) is 5.75 Å². The van der Waals surface area contributed by atoms with Gasteiger partial charge in [0.05, 0.1) is 19.2 Å². The Kier molecular flexibility index (Phi) is 6.07. The predicted molar refractivity (Wildman–Crippen MR) is 99.7 cm³/mol. The third-order valence-corrected chi connectivity index (χ3v) is 4.51. The highest BCUT2D eigenvalue weighted by Gasteiger charge is 2.20. The quantitative estimate of drug-likeness (QED) is 0.841. The van der Waals surface area contributed by atoms with Crippen LogP contribution in [0, 0.1) is 0 Å². The molecule has 1 N–H and O–H groups in total. The first-order valence-electron chi connectivity index (χ1n) is 9.05. The lowest BCUT2D eigenvalue weighted by atomic mass is 9.98. The Labute approximate surface area is 149 Å². The molecule has 0 saturated carbocycles. The van der Waals surface area contributed by atoms with E-state index in [-0.39, 0.29) is 11.9 Å². The Morgan fingerprint density at radius 2 is 1.80 bits per heavy atom. The lowest BCUT2D eigenvalue weighted by Gasteiger charge is -2.22. The average Bonchev–Trinajstić information content (AvgIpc) is 3.14. The number of rotatable bonds is 7. The molecule has 1 fully saturated rings. The van der Waals surface area contributed by atoms with Gasteiger partial charge in [-0.2, -0.15) is 0 Å². The summed E-state index contributed by atoms with van der Waals surface area (Å²) in [6.45, 7) is 5.10. The maximum Gasteiger partial charge on any atom is 0.234 e. The van der Waals surface area contributed by atoms with Crippen molar-refractivity contribution in [2.45, 2.75) is 25.8 Å². The van der Waals surface area contributed by atoms with Gasteiger partial charge in [0.1, 0.15) is 5.75 Å². The second kappa shape index (κ2) is 8.67. The van der Waals surface area contributed by atoms with Crippen LogP contribution in [0.2, 0.25) is 0 Å². The molecule has 2 aromatic rings. The Morgan fingerprint density at radius 1 is 1.08 bits per heavy atom. The van der Waals surface area contributed by atoms with Crippen LogP contribution in [0.1, 0.15) is 36.9 Å². The molecule has 1 atom stereocenters. The first kappa shape index (κ1) is 17.5. The summed E-state index contributed by atoms with van der Waals surface area (Å²) >= 11 is 0. The SMILES string of the molecule is CCOc1cccc(C(NC(=O)CN2CCCC2)c2ccccc2)c1. The third kappa shape index (κ3) is 4.83. The topological polar surface area (TPSA) is 41.6 Å². The number of nitrogens with one attached hydrogen (secondary N) is 1. The number of amides is 1. The van der Waals surface area contributed by atoms with Crippen LogP contribution in [0.4, 0.5) is 0 Å². The minimum absolute atomic E-state index is 0.0672. The van der Waals surface area contributed by atoms with Crippen LogP contribution in [0.15, 0.2) is 54.6 Å². The zero-order chi connectivity index (χ0) is 17.5. The summed E-state index contributed by atoms with van der Waals surface area (Å²) in [5.74, 6) is 0.896. The summed E-state index contributed by atoms with van der Waals surface area (Å²) in [5, 5.41) is 3.21. The first-order valence-corrected chi connectivity index (χ1v) is 9.05. The first-order chi connectivity index (χ1) is 12.3. The van der Waals surface area contributed by atoms with Gasteiger partial charge in [0.15, 0.2) is 0 Å². The van der Waals surface area contributed by atoms with Crippen LogP contribution in [-0.2, 0) is 4.79 Å². The van der Waals surface area contributed by atoms with Crippen molar-refractivity contribution in [3.63, 3.8) is 0 Å². The minimum Gasteiger partial charge on any atom is -0.494 e. The summed E-state index contributed by atoms with van der Waals surface area (Å²) < 4.78 is 5.62. The molecule has 0 aromatic heterocycles. The van der Waals surface area contributed by atoms with Crippen molar-refractivity contribution >= 4 is 5.91 Å². The van der Waals surface area contributed by atoms with Crippen molar-refractivity contribution in [3.05, 3.63) is 65.7 Å². The number of carbonyl (C=O) groups is 1. The van der Waals surface area contributed by atoms with E-state index in [0.29, 0.717) is 13.2 Å². The maximum atomic E-state index is 12.6. The van der Waals surface area contributed by atoms with Crippen LogP contribution in [0.3, 0.4) is 0 Å². The van der Waals surface area contributed by atoms with E-state index in [0.717, 1.165) is 30.0 Å². The standard InChI is InChI=1S/C21H26N2O2/c1-2-25-19-12-8-11-18(15-19)21(17-9-4-3-5-10-17)22-20(24)16-23-13-6-7-14-23/h3-5,8-12,15,21H,2,6-7,13-14,16H2,1H3,(H,22,24). The molecule has 0 spiro atoms. The fourth-order valence-corrected chi connectivity index (χ4v) is 3.31. The van der Waals surface area contributed by atoms with Crippen molar-refractivity contribution in [2.24, 2.45) is 0 Å². The molecule has 1 unspecified atom stereocenters. The molecule has 2 aromatic carbocycles. The molecule has 1 aliphatic rings. The summed E-state index contributed by atoms with van der Waals surface area (Å²) in [4.78, 5) is 14.8. The Balaban J connectivity index is 1.80. The minimum atomic E-state index is -0.170. The fraction of sp³-hybridized carbons (Fsp3) is 0.381. The molecular formula is C21H26N2O2. The van der Waals surface area contributed by atoms with E-state index in [1.165, 1.54) is 12.8 Å². The maximum absolute atomic E-state index is 12.6. The molecule has 25 heavy (non-hydrogen) atoms. The van der Waals surface area contributed by atoms with Gasteiger partial charge < -0.3 is 10.1 Å². The zero-order valence-corrected chi connectivity index (χ0v) is 14.8. The van der Waals surface area contributed by atoms with Crippen LogP contribution in [-0.4, -0.2) is 37.0 Å². The van der Waals surface area contributed by atoms with Gasteiger partial charge in [-0.15, -0.1) is 0 Å². The van der Waals surface area contributed by atoms with Crippen LogP contribution in [0.25, 0.3) is 0 Å². The number of benzene rings is 2. The summed E-state index contributed by atoms with van der Waals surface area (Å²) in [7, 11) is 0. The van der Waals surface area contributed by atoms with Gasteiger partial charge in [0, 0.05) is 0 Å². The van der Waals surface area contributed by atoms with Crippen molar-refractivity contribution in [1.82, 2.24) is 10.2 Å². The third-order valence-electron chi connectivity index (χ3n) is 4.51. The summed E-state index contributed by atoms with van der Waals surface area (Å²) in [6, 6.07) is 17.9. The molecular weight excluding hydrogens is 312 g/mol. The number of nitrogens with zero attached hydrogens (tertiary/aromatic N) is 1.